The quantitative estimate of drug-likeness (QED) is 0.742. The second kappa shape index (κ2) is 5.70. The topological polar surface area (TPSA) is 64.3 Å². The molecule has 5 nitrogen and oxygen atoms in total. The molecule has 0 spiro atoms. The zero-order valence-corrected chi connectivity index (χ0v) is 10.6. The van der Waals surface area contributed by atoms with E-state index >= 15 is 0 Å². The van der Waals surface area contributed by atoms with E-state index in [2.05, 4.69) is 5.10 Å². The van der Waals surface area contributed by atoms with Crippen molar-refractivity contribution >= 4 is 5.97 Å². The predicted octanol–water partition coefficient (Wildman–Crippen LogP) is 2.17. The standard InChI is InChI=1S/C12H20N2O3/c1-4-14-9-10(8-13-14)17-7-5-6-12(2,3)11(15)16/h8-9H,4-7H2,1-3H3,(H,15,16). The van der Waals surface area contributed by atoms with E-state index in [1.54, 1.807) is 24.7 Å². The maximum absolute atomic E-state index is 10.9. The van der Waals surface area contributed by atoms with Crippen LogP contribution in [0.2, 0.25) is 0 Å². The summed E-state index contributed by atoms with van der Waals surface area (Å²) in [4.78, 5) is 10.9. The largest absolute Gasteiger partial charge is 0.490 e. The third-order valence-corrected chi connectivity index (χ3v) is 2.73. The zero-order chi connectivity index (χ0) is 12.9. The number of aryl methyl sites for hydroxylation is 1. The third-order valence-electron chi connectivity index (χ3n) is 2.73. The molecule has 0 saturated carbocycles. The van der Waals surface area contributed by atoms with Gasteiger partial charge in [0, 0.05) is 6.54 Å². The Labute approximate surface area is 101 Å². The molecule has 0 aliphatic heterocycles. The number of rotatable bonds is 7. The number of aromatic nitrogens is 2. The van der Waals surface area contributed by atoms with Gasteiger partial charge in [0.05, 0.1) is 24.4 Å². The molecule has 1 heterocycles. The van der Waals surface area contributed by atoms with E-state index in [4.69, 9.17) is 9.84 Å². The number of hydrogen-bond acceptors (Lipinski definition) is 3. The van der Waals surface area contributed by atoms with Crippen LogP contribution in [0.4, 0.5) is 0 Å². The van der Waals surface area contributed by atoms with Crippen molar-refractivity contribution in [1.29, 1.82) is 0 Å². The Morgan fingerprint density at radius 2 is 2.29 bits per heavy atom. The lowest BCUT2D eigenvalue weighted by Gasteiger charge is -2.18. The summed E-state index contributed by atoms with van der Waals surface area (Å²) in [6.45, 7) is 6.79. The average Bonchev–Trinajstić information content (AvgIpc) is 2.72. The highest BCUT2D eigenvalue weighted by molar-refractivity contribution is 5.73. The van der Waals surface area contributed by atoms with Crippen molar-refractivity contribution < 1.29 is 14.6 Å². The van der Waals surface area contributed by atoms with Gasteiger partial charge in [0.1, 0.15) is 0 Å². The van der Waals surface area contributed by atoms with E-state index in [0.717, 1.165) is 18.7 Å². The molecule has 1 aromatic rings. The lowest BCUT2D eigenvalue weighted by atomic mass is 9.88. The van der Waals surface area contributed by atoms with Crippen molar-refractivity contribution in [1.82, 2.24) is 9.78 Å². The van der Waals surface area contributed by atoms with Gasteiger partial charge < -0.3 is 9.84 Å². The van der Waals surface area contributed by atoms with Crippen molar-refractivity contribution in [3.8, 4) is 5.75 Å². The summed E-state index contributed by atoms with van der Waals surface area (Å²) in [5, 5.41) is 13.0. The van der Waals surface area contributed by atoms with Gasteiger partial charge in [0.15, 0.2) is 5.75 Å². The molecule has 0 atom stereocenters. The molecule has 0 fully saturated rings. The van der Waals surface area contributed by atoms with Crippen LogP contribution in [0.3, 0.4) is 0 Å². The van der Waals surface area contributed by atoms with Crippen LogP contribution in [0, 0.1) is 5.41 Å². The lowest BCUT2D eigenvalue weighted by Crippen LogP contribution is -2.24. The highest BCUT2D eigenvalue weighted by Crippen LogP contribution is 2.22. The van der Waals surface area contributed by atoms with Gasteiger partial charge in [0.25, 0.3) is 0 Å². The number of carboxylic acid groups (broad SMARTS) is 1. The van der Waals surface area contributed by atoms with Gasteiger partial charge in [-0.1, -0.05) is 0 Å². The van der Waals surface area contributed by atoms with Crippen LogP contribution >= 0.6 is 0 Å². The number of carboxylic acids is 1. The monoisotopic (exact) mass is 240 g/mol. The highest BCUT2D eigenvalue weighted by Gasteiger charge is 2.26. The summed E-state index contributed by atoms with van der Waals surface area (Å²) >= 11 is 0. The Morgan fingerprint density at radius 3 is 2.82 bits per heavy atom. The molecule has 0 unspecified atom stereocenters. The van der Waals surface area contributed by atoms with Crippen molar-refractivity contribution in [3.63, 3.8) is 0 Å². The van der Waals surface area contributed by atoms with E-state index in [1.165, 1.54) is 0 Å². The summed E-state index contributed by atoms with van der Waals surface area (Å²) in [5.41, 5.74) is -0.684. The van der Waals surface area contributed by atoms with Crippen LogP contribution in [0.1, 0.15) is 33.6 Å². The molecule has 0 aliphatic rings. The molecule has 0 bridgehead atoms. The molecule has 0 radical (unpaired) electrons. The first-order chi connectivity index (χ1) is 7.95. The van der Waals surface area contributed by atoms with Gasteiger partial charge in [-0.3, -0.25) is 9.48 Å². The van der Waals surface area contributed by atoms with Crippen LogP contribution in [0.5, 0.6) is 5.75 Å². The van der Waals surface area contributed by atoms with E-state index in [1.807, 2.05) is 13.1 Å². The molecule has 17 heavy (non-hydrogen) atoms. The Bertz CT molecular complexity index is 372. The van der Waals surface area contributed by atoms with Crippen LogP contribution < -0.4 is 4.74 Å². The minimum Gasteiger partial charge on any atom is -0.490 e. The average molecular weight is 240 g/mol. The zero-order valence-electron chi connectivity index (χ0n) is 10.6. The van der Waals surface area contributed by atoms with E-state index in [9.17, 15) is 4.79 Å². The maximum atomic E-state index is 10.9. The molecule has 5 heteroatoms. The van der Waals surface area contributed by atoms with E-state index in [0.29, 0.717) is 13.0 Å². The van der Waals surface area contributed by atoms with Crippen molar-refractivity contribution in [2.75, 3.05) is 6.61 Å². The Kier molecular flexibility index (Phi) is 4.54. The number of aliphatic carboxylic acids is 1. The molecule has 0 aromatic carbocycles. The Balaban J connectivity index is 2.27. The normalized spacial score (nSPS) is 11.5. The fourth-order valence-corrected chi connectivity index (χ4v) is 1.40. The fraction of sp³-hybridized carbons (Fsp3) is 0.667. The smallest absolute Gasteiger partial charge is 0.309 e. The van der Waals surface area contributed by atoms with Gasteiger partial charge in [-0.15, -0.1) is 0 Å². The number of hydrogen-bond donors (Lipinski definition) is 1. The second-order valence-electron chi connectivity index (χ2n) is 4.67. The van der Waals surface area contributed by atoms with Gasteiger partial charge in [-0.05, 0) is 33.6 Å². The number of carbonyl (C=O) groups is 1. The van der Waals surface area contributed by atoms with Gasteiger partial charge in [-0.25, -0.2) is 0 Å². The second-order valence-corrected chi connectivity index (χ2v) is 4.67. The summed E-state index contributed by atoms with van der Waals surface area (Å²) in [7, 11) is 0. The van der Waals surface area contributed by atoms with E-state index < -0.39 is 11.4 Å². The number of ether oxygens (including phenoxy) is 1. The van der Waals surface area contributed by atoms with Crippen molar-refractivity contribution in [2.45, 2.75) is 40.2 Å². The van der Waals surface area contributed by atoms with Crippen LogP contribution in [0.15, 0.2) is 12.4 Å². The summed E-state index contributed by atoms with van der Waals surface area (Å²) in [6.07, 6.45) is 4.83. The molecule has 1 rings (SSSR count). The molecule has 1 N–H and O–H groups in total. The van der Waals surface area contributed by atoms with E-state index in [-0.39, 0.29) is 0 Å². The first-order valence-corrected chi connectivity index (χ1v) is 5.84. The molecule has 1 aromatic heterocycles. The molecular weight excluding hydrogens is 220 g/mol. The van der Waals surface area contributed by atoms with Gasteiger partial charge in [0.2, 0.25) is 0 Å². The molecule has 96 valence electrons. The third kappa shape index (κ3) is 4.09. The summed E-state index contributed by atoms with van der Waals surface area (Å²) in [5.74, 6) is -0.0312. The maximum Gasteiger partial charge on any atom is 0.309 e. The summed E-state index contributed by atoms with van der Waals surface area (Å²) in [6, 6.07) is 0. The minimum absolute atomic E-state index is 0.520. The first kappa shape index (κ1) is 13.5. The molecule has 0 amide bonds. The van der Waals surface area contributed by atoms with Crippen molar-refractivity contribution in [3.05, 3.63) is 12.4 Å². The van der Waals surface area contributed by atoms with Gasteiger partial charge >= 0.3 is 5.97 Å². The van der Waals surface area contributed by atoms with Crippen LogP contribution in [-0.2, 0) is 11.3 Å². The molecular formula is C12H20N2O3. The fourth-order valence-electron chi connectivity index (χ4n) is 1.40. The van der Waals surface area contributed by atoms with Crippen LogP contribution in [0.25, 0.3) is 0 Å². The summed E-state index contributed by atoms with van der Waals surface area (Å²) < 4.78 is 7.28. The highest BCUT2D eigenvalue weighted by atomic mass is 16.5. The lowest BCUT2D eigenvalue weighted by molar-refractivity contribution is -0.147. The Hall–Kier alpha value is -1.52. The first-order valence-electron chi connectivity index (χ1n) is 5.84. The Morgan fingerprint density at radius 1 is 1.59 bits per heavy atom. The number of nitrogens with zero attached hydrogens (tertiary/aromatic N) is 2. The molecule has 0 aliphatic carbocycles. The van der Waals surface area contributed by atoms with Crippen molar-refractivity contribution in [2.24, 2.45) is 5.41 Å². The minimum atomic E-state index is -0.767. The van der Waals surface area contributed by atoms with Crippen LogP contribution in [-0.4, -0.2) is 27.5 Å². The van der Waals surface area contributed by atoms with Gasteiger partial charge in [-0.2, -0.15) is 5.10 Å². The SMILES string of the molecule is CCn1cc(OCCCC(C)(C)C(=O)O)cn1. The molecule has 0 saturated heterocycles. The predicted molar refractivity (Wildman–Crippen MR) is 64.0 cm³/mol.